The number of carbonyl (C=O) groups is 2. The lowest BCUT2D eigenvalue weighted by Gasteiger charge is -2.23. The van der Waals surface area contributed by atoms with Crippen LogP contribution in [0.5, 0.6) is 0 Å². The van der Waals surface area contributed by atoms with Gasteiger partial charge >= 0.3 is 0 Å². The van der Waals surface area contributed by atoms with Gasteiger partial charge in [0.2, 0.25) is 0 Å². The Morgan fingerprint density at radius 2 is 1.47 bits per heavy atom. The molecule has 0 N–H and O–H groups in total. The third-order valence-corrected chi connectivity index (χ3v) is 3.40. The van der Waals surface area contributed by atoms with E-state index in [1.54, 1.807) is 19.9 Å². The molecule has 0 spiro atoms. The number of fused-ring (bicyclic) bond motifs is 1. The van der Waals surface area contributed by atoms with Crippen LogP contribution in [0.1, 0.15) is 34.6 Å². The molecule has 17 heavy (non-hydrogen) atoms. The summed E-state index contributed by atoms with van der Waals surface area (Å²) in [7, 11) is 6.11. The largest absolute Gasteiger partial charge is 0.298 e. The average molecular weight is 232 g/mol. The van der Waals surface area contributed by atoms with Crippen LogP contribution in [0, 0.1) is 5.41 Å². The van der Waals surface area contributed by atoms with Gasteiger partial charge < -0.3 is 0 Å². The van der Waals surface area contributed by atoms with Gasteiger partial charge in [0.05, 0.1) is 26.6 Å². The number of hydrogen-bond donors (Lipinski definition) is 0. The van der Waals surface area contributed by atoms with Gasteiger partial charge in [0.25, 0.3) is 0 Å². The van der Waals surface area contributed by atoms with Crippen molar-refractivity contribution in [3.63, 3.8) is 0 Å². The van der Waals surface area contributed by atoms with Gasteiger partial charge in [-0.1, -0.05) is 0 Å². The van der Waals surface area contributed by atoms with Gasteiger partial charge in [-0.25, -0.2) is 0 Å². The van der Waals surface area contributed by atoms with Crippen LogP contribution in [0.3, 0.4) is 0 Å². The Kier molecular flexibility index (Phi) is 2.30. The molecule has 0 aromatic heterocycles. The van der Waals surface area contributed by atoms with Gasteiger partial charge in [0.1, 0.15) is 5.69 Å². The third kappa shape index (κ3) is 1.62. The van der Waals surface area contributed by atoms with E-state index in [9.17, 15) is 9.59 Å². The Hall–Kier alpha value is -1.48. The molecule has 0 heterocycles. The number of ketones is 2. The predicted octanol–water partition coefficient (Wildman–Crippen LogP) is 2.29. The number of rotatable bonds is 1. The van der Waals surface area contributed by atoms with E-state index in [2.05, 4.69) is 0 Å². The quantitative estimate of drug-likeness (QED) is 0.550. The summed E-state index contributed by atoms with van der Waals surface area (Å²) in [5, 5.41) is 0. The van der Waals surface area contributed by atoms with E-state index < -0.39 is 5.41 Å². The van der Waals surface area contributed by atoms with Crippen molar-refractivity contribution in [2.75, 3.05) is 21.1 Å². The molecule has 0 atom stereocenters. The van der Waals surface area contributed by atoms with Crippen LogP contribution in [0.15, 0.2) is 18.2 Å². The molecule has 0 fully saturated rings. The molecule has 0 unspecified atom stereocenters. The fourth-order valence-corrected chi connectivity index (χ4v) is 2.11. The Balaban J connectivity index is 2.62. The maximum absolute atomic E-state index is 12.2. The van der Waals surface area contributed by atoms with E-state index in [1.165, 1.54) is 0 Å². The number of benzene rings is 1. The van der Waals surface area contributed by atoms with Crippen molar-refractivity contribution >= 4 is 17.3 Å². The third-order valence-electron chi connectivity index (χ3n) is 3.40. The average Bonchev–Trinajstić information content (AvgIpc) is 2.39. The zero-order valence-electron chi connectivity index (χ0n) is 11.0. The summed E-state index contributed by atoms with van der Waals surface area (Å²) in [5.74, 6) is -0.127. The van der Waals surface area contributed by atoms with Gasteiger partial charge in [-0.15, -0.1) is 0 Å². The second-order valence-electron chi connectivity index (χ2n) is 6.03. The van der Waals surface area contributed by atoms with Gasteiger partial charge in [0.15, 0.2) is 11.6 Å². The lowest BCUT2D eigenvalue weighted by Crippen LogP contribution is -2.34. The summed E-state index contributed by atoms with van der Waals surface area (Å²) in [6.45, 7) is 3.40. The highest BCUT2D eigenvalue weighted by molar-refractivity contribution is 6.29. The SMILES string of the molecule is CC1(C)C(=O)c2ccc([N+](C)(C)C)cc2C1=O. The maximum atomic E-state index is 12.2. The molecule has 90 valence electrons. The second-order valence-corrected chi connectivity index (χ2v) is 6.03. The standard InChI is InChI=1S/C14H18NO2/c1-14(2)12(16)10-7-6-9(15(3,4)5)8-11(10)13(14)17/h6-8H,1-5H3/q+1. The smallest absolute Gasteiger partial charge is 0.177 e. The Morgan fingerprint density at radius 1 is 0.941 bits per heavy atom. The fraction of sp³-hybridized carbons (Fsp3) is 0.429. The van der Waals surface area contributed by atoms with Crippen LogP contribution in [0.2, 0.25) is 0 Å². The minimum absolute atomic E-state index is 0.0622. The van der Waals surface area contributed by atoms with Crippen LogP contribution in [0.4, 0.5) is 5.69 Å². The first-order valence-corrected chi connectivity index (χ1v) is 5.71. The molecular weight excluding hydrogens is 214 g/mol. The number of nitrogens with zero attached hydrogens (tertiary/aromatic N) is 1. The lowest BCUT2D eigenvalue weighted by atomic mass is 9.88. The molecule has 1 aromatic carbocycles. The molecule has 1 aliphatic rings. The van der Waals surface area contributed by atoms with E-state index in [0.717, 1.165) is 5.69 Å². The summed E-state index contributed by atoms with van der Waals surface area (Å²) < 4.78 is 0.634. The molecule has 1 aromatic rings. The van der Waals surface area contributed by atoms with Gasteiger partial charge in [-0.05, 0) is 26.0 Å². The van der Waals surface area contributed by atoms with E-state index in [-0.39, 0.29) is 11.6 Å². The van der Waals surface area contributed by atoms with Crippen LogP contribution in [-0.4, -0.2) is 32.7 Å². The molecule has 0 amide bonds. The summed E-state index contributed by atoms with van der Waals surface area (Å²) in [5.41, 5.74) is 1.27. The Bertz CT molecular complexity index is 522. The van der Waals surface area contributed by atoms with Crippen molar-refractivity contribution in [3.8, 4) is 0 Å². The van der Waals surface area contributed by atoms with Crippen molar-refractivity contribution in [2.24, 2.45) is 5.41 Å². The molecule has 1 aliphatic carbocycles. The van der Waals surface area contributed by atoms with Crippen LogP contribution >= 0.6 is 0 Å². The number of quaternary nitrogens is 1. The molecule has 2 rings (SSSR count). The molecule has 0 saturated heterocycles. The zero-order valence-corrected chi connectivity index (χ0v) is 11.0. The van der Waals surface area contributed by atoms with Crippen LogP contribution < -0.4 is 4.48 Å². The predicted molar refractivity (Wildman–Crippen MR) is 68.5 cm³/mol. The maximum Gasteiger partial charge on any atom is 0.177 e. The fourth-order valence-electron chi connectivity index (χ4n) is 2.11. The first kappa shape index (κ1) is 12.0. The van der Waals surface area contributed by atoms with Crippen molar-refractivity contribution in [1.82, 2.24) is 4.48 Å². The summed E-state index contributed by atoms with van der Waals surface area (Å²) >= 11 is 0. The first-order chi connectivity index (χ1) is 7.65. The topological polar surface area (TPSA) is 34.1 Å². The number of Topliss-reactive ketones (excluding diaryl/α,β-unsaturated/α-hetero) is 2. The van der Waals surface area contributed by atoms with Crippen molar-refractivity contribution in [1.29, 1.82) is 0 Å². The van der Waals surface area contributed by atoms with E-state index in [4.69, 9.17) is 0 Å². The highest BCUT2D eigenvalue weighted by Crippen LogP contribution is 2.38. The zero-order chi connectivity index (χ0) is 13.0. The van der Waals surface area contributed by atoms with E-state index in [0.29, 0.717) is 15.6 Å². The molecule has 3 heteroatoms. The molecule has 0 bridgehead atoms. The highest BCUT2D eigenvalue weighted by atomic mass is 16.2. The molecular formula is C14H18NO2+. The van der Waals surface area contributed by atoms with Crippen LogP contribution in [0.25, 0.3) is 0 Å². The minimum Gasteiger partial charge on any atom is -0.298 e. The number of hydrogen-bond acceptors (Lipinski definition) is 2. The molecule has 3 nitrogen and oxygen atoms in total. The Labute approximate surface area is 102 Å². The van der Waals surface area contributed by atoms with Gasteiger partial charge in [-0.3, -0.25) is 14.1 Å². The normalized spacial score (nSPS) is 18.4. The van der Waals surface area contributed by atoms with E-state index >= 15 is 0 Å². The number of carbonyl (C=O) groups excluding carboxylic acids is 2. The Morgan fingerprint density at radius 3 is 2.00 bits per heavy atom. The summed E-state index contributed by atoms with van der Waals surface area (Å²) in [6, 6.07) is 5.55. The summed E-state index contributed by atoms with van der Waals surface area (Å²) in [4.78, 5) is 24.2. The highest BCUT2D eigenvalue weighted by Gasteiger charge is 2.46. The summed E-state index contributed by atoms with van der Waals surface area (Å²) in [6.07, 6.45) is 0. The van der Waals surface area contributed by atoms with Crippen molar-refractivity contribution < 1.29 is 9.59 Å². The van der Waals surface area contributed by atoms with Gasteiger partial charge in [0, 0.05) is 17.2 Å². The van der Waals surface area contributed by atoms with Gasteiger partial charge in [-0.2, -0.15) is 0 Å². The van der Waals surface area contributed by atoms with E-state index in [1.807, 2.05) is 33.3 Å². The molecule has 0 radical (unpaired) electrons. The second kappa shape index (κ2) is 3.26. The molecule has 0 aliphatic heterocycles. The van der Waals surface area contributed by atoms with Crippen molar-refractivity contribution in [2.45, 2.75) is 13.8 Å². The van der Waals surface area contributed by atoms with Crippen molar-refractivity contribution in [3.05, 3.63) is 29.3 Å². The monoisotopic (exact) mass is 232 g/mol. The van der Waals surface area contributed by atoms with Crippen LogP contribution in [-0.2, 0) is 0 Å². The molecule has 0 saturated carbocycles. The first-order valence-electron chi connectivity index (χ1n) is 5.71. The lowest BCUT2D eigenvalue weighted by molar-refractivity contribution is 0.0746. The minimum atomic E-state index is -0.897.